The van der Waals surface area contributed by atoms with Crippen LogP contribution in [0.4, 0.5) is 0 Å². The fourth-order valence-corrected chi connectivity index (χ4v) is 3.43. The summed E-state index contributed by atoms with van der Waals surface area (Å²) in [6.45, 7) is 6.24. The van der Waals surface area contributed by atoms with Gasteiger partial charge in [-0.3, -0.25) is 9.58 Å². The van der Waals surface area contributed by atoms with Crippen molar-refractivity contribution in [1.29, 1.82) is 0 Å². The predicted molar refractivity (Wildman–Crippen MR) is 73.1 cm³/mol. The maximum absolute atomic E-state index is 6.14. The van der Waals surface area contributed by atoms with Crippen LogP contribution in [0, 0.1) is 0 Å². The van der Waals surface area contributed by atoms with E-state index in [1.807, 2.05) is 29.7 Å². The van der Waals surface area contributed by atoms with E-state index in [9.17, 15) is 0 Å². The summed E-state index contributed by atoms with van der Waals surface area (Å²) in [5.74, 6) is 2.34. The van der Waals surface area contributed by atoms with Crippen LogP contribution >= 0.6 is 11.8 Å². The van der Waals surface area contributed by atoms with Gasteiger partial charge in [0.2, 0.25) is 0 Å². The summed E-state index contributed by atoms with van der Waals surface area (Å²) in [4.78, 5) is 2.49. The molecule has 1 atom stereocenters. The van der Waals surface area contributed by atoms with Crippen LogP contribution in [0.1, 0.15) is 25.5 Å². The molecule has 1 aliphatic rings. The van der Waals surface area contributed by atoms with Crippen LogP contribution in [0.5, 0.6) is 0 Å². The van der Waals surface area contributed by atoms with Crippen LogP contribution in [-0.4, -0.2) is 44.8 Å². The monoisotopic (exact) mass is 254 g/mol. The van der Waals surface area contributed by atoms with Gasteiger partial charge in [0, 0.05) is 55.0 Å². The molecule has 0 radical (unpaired) electrons. The quantitative estimate of drug-likeness (QED) is 0.882. The van der Waals surface area contributed by atoms with Gasteiger partial charge in [0.25, 0.3) is 0 Å². The van der Waals surface area contributed by atoms with Crippen LogP contribution in [0.15, 0.2) is 12.4 Å². The highest BCUT2D eigenvalue weighted by atomic mass is 32.2. The SMILES string of the molecule is Cn1cc(C2CSCCN2CC(C)(C)N)cn1. The number of nitrogens with two attached hydrogens (primary N) is 1. The Balaban J connectivity index is 2.12. The normalized spacial score (nSPS) is 22.9. The zero-order chi connectivity index (χ0) is 12.5. The third-order valence-corrected chi connectivity index (χ3v) is 3.98. The molecule has 1 aliphatic heterocycles. The highest BCUT2D eigenvalue weighted by Gasteiger charge is 2.28. The molecular weight excluding hydrogens is 232 g/mol. The van der Waals surface area contributed by atoms with Crippen molar-refractivity contribution in [2.24, 2.45) is 12.8 Å². The lowest BCUT2D eigenvalue weighted by Gasteiger charge is -2.38. The number of nitrogens with zero attached hydrogens (tertiary/aromatic N) is 3. The molecule has 0 bridgehead atoms. The van der Waals surface area contributed by atoms with E-state index in [4.69, 9.17) is 5.73 Å². The Hall–Kier alpha value is -0.520. The van der Waals surface area contributed by atoms with Crippen molar-refractivity contribution in [3.63, 3.8) is 0 Å². The molecule has 0 aromatic carbocycles. The summed E-state index contributed by atoms with van der Waals surface area (Å²) in [5.41, 5.74) is 7.32. The second-order valence-electron chi connectivity index (χ2n) is 5.50. The van der Waals surface area contributed by atoms with Crippen molar-refractivity contribution in [3.8, 4) is 0 Å². The molecule has 1 fully saturated rings. The van der Waals surface area contributed by atoms with Crippen molar-refractivity contribution in [2.45, 2.75) is 25.4 Å². The number of aromatic nitrogens is 2. The van der Waals surface area contributed by atoms with Crippen molar-refractivity contribution in [3.05, 3.63) is 18.0 Å². The van der Waals surface area contributed by atoms with Gasteiger partial charge in [0.15, 0.2) is 0 Å². The minimum absolute atomic E-state index is 0.136. The number of hydrogen-bond donors (Lipinski definition) is 1. The van der Waals surface area contributed by atoms with Crippen LogP contribution in [0.25, 0.3) is 0 Å². The Morgan fingerprint density at radius 3 is 2.94 bits per heavy atom. The molecule has 1 saturated heterocycles. The van der Waals surface area contributed by atoms with Crippen molar-refractivity contribution >= 4 is 11.8 Å². The minimum atomic E-state index is -0.136. The van der Waals surface area contributed by atoms with E-state index in [0.29, 0.717) is 6.04 Å². The first-order valence-electron chi connectivity index (χ1n) is 6.05. The average molecular weight is 254 g/mol. The van der Waals surface area contributed by atoms with Crippen molar-refractivity contribution in [1.82, 2.24) is 14.7 Å². The van der Waals surface area contributed by atoms with Gasteiger partial charge < -0.3 is 5.73 Å². The molecule has 5 heteroatoms. The molecule has 2 rings (SSSR count). The number of aryl methyl sites for hydroxylation is 1. The lowest BCUT2D eigenvalue weighted by molar-refractivity contribution is 0.182. The van der Waals surface area contributed by atoms with Gasteiger partial charge >= 0.3 is 0 Å². The standard InChI is InChI=1S/C12H22N4S/c1-12(2,13)9-16-4-5-17-8-11(16)10-6-14-15(3)7-10/h6-7,11H,4-5,8-9,13H2,1-3H3. The van der Waals surface area contributed by atoms with Crippen LogP contribution in [0.2, 0.25) is 0 Å². The van der Waals surface area contributed by atoms with Crippen LogP contribution in [0.3, 0.4) is 0 Å². The van der Waals surface area contributed by atoms with Gasteiger partial charge in [-0.25, -0.2) is 0 Å². The van der Waals surface area contributed by atoms with E-state index in [0.717, 1.165) is 18.8 Å². The lowest BCUT2D eigenvalue weighted by Crippen LogP contribution is -2.49. The van der Waals surface area contributed by atoms with E-state index in [1.165, 1.54) is 11.3 Å². The Kier molecular flexibility index (Phi) is 3.80. The molecule has 0 amide bonds. The van der Waals surface area contributed by atoms with E-state index in [2.05, 4.69) is 30.0 Å². The molecule has 0 saturated carbocycles. The predicted octanol–water partition coefficient (Wildman–Crippen LogP) is 1.25. The topological polar surface area (TPSA) is 47.1 Å². The Morgan fingerprint density at radius 2 is 2.35 bits per heavy atom. The van der Waals surface area contributed by atoms with E-state index < -0.39 is 0 Å². The molecule has 2 N–H and O–H groups in total. The fourth-order valence-electron chi connectivity index (χ4n) is 2.27. The van der Waals surface area contributed by atoms with E-state index in [-0.39, 0.29) is 5.54 Å². The van der Waals surface area contributed by atoms with Crippen molar-refractivity contribution < 1.29 is 0 Å². The van der Waals surface area contributed by atoms with E-state index in [1.54, 1.807) is 0 Å². The summed E-state index contributed by atoms with van der Waals surface area (Å²) in [5, 5.41) is 4.27. The largest absolute Gasteiger partial charge is 0.324 e. The fraction of sp³-hybridized carbons (Fsp3) is 0.750. The first-order chi connectivity index (χ1) is 7.96. The number of thioether (sulfide) groups is 1. The second-order valence-corrected chi connectivity index (χ2v) is 6.65. The average Bonchev–Trinajstić information content (AvgIpc) is 2.63. The Labute approximate surface area is 108 Å². The molecule has 1 unspecified atom stereocenters. The molecule has 2 heterocycles. The highest BCUT2D eigenvalue weighted by molar-refractivity contribution is 7.99. The maximum atomic E-state index is 6.14. The van der Waals surface area contributed by atoms with Crippen LogP contribution in [-0.2, 0) is 7.05 Å². The third-order valence-electron chi connectivity index (χ3n) is 2.96. The third kappa shape index (κ3) is 3.47. The zero-order valence-corrected chi connectivity index (χ0v) is 11.7. The first kappa shape index (κ1) is 12.9. The maximum Gasteiger partial charge on any atom is 0.0537 e. The zero-order valence-electron chi connectivity index (χ0n) is 10.9. The summed E-state index contributed by atoms with van der Waals surface area (Å²) >= 11 is 2.02. The summed E-state index contributed by atoms with van der Waals surface area (Å²) in [6.07, 6.45) is 4.10. The minimum Gasteiger partial charge on any atom is -0.324 e. The van der Waals surface area contributed by atoms with Gasteiger partial charge in [-0.05, 0) is 13.8 Å². The molecule has 1 aromatic heterocycles. The Bertz CT molecular complexity index is 369. The van der Waals surface area contributed by atoms with Gasteiger partial charge in [-0.1, -0.05) is 0 Å². The smallest absolute Gasteiger partial charge is 0.0537 e. The van der Waals surface area contributed by atoms with Crippen LogP contribution < -0.4 is 5.73 Å². The molecule has 4 nitrogen and oxygen atoms in total. The summed E-state index contributed by atoms with van der Waals surface area (Å²) in [6, 6.07) is 0.463. The lowest BCUT2D eigenvalue weighted by atomic mass is 10.0. The number of rotatable bonds is 3. The second kappa shape index (κ2) is 5.00. The summed E-state index contributed by atoms with van der Waals surface area (Å²) in [7, 11) is 1.97. The Morgan fingerprint density at radius 1 is 1.59 bits per heavy atom. The molecular formula is C12H22N4S. The van der Waals surface area contributed by atoms with Gasteiger partial charge in [-0.2, -0.15) is 16.9 Å². The van der Waals surface area contributed by atoms with Gasteiger partial charge in [0.05, 0.1) is 6.20 Å². The first-order valence-corrected chi connectivity index (χ1v) is 7.20. The van der Waals surface area contributed by atoms with Gasteiger partial charge in [-0.15, -0.1) is 0 Å². The summed E-state index contributed by atoms with van der Waals surface area (Å²) < 4.78 is 1.88. The van der Waals surface area contributed by atoms with Gasteiger partial charge in [0.1, 0.15) is 0 Å². The molecule has 1 aromatic rings. The molecule has 0 aliphatic carbocycles. The van der Waals surface area contributed by atoms with E-state index >= 15 is 0 Å². The van der Waals surface area contributed by atoms with Crippen molar-refractivity contribution in [2.75, 3.05) is 24.6 Å². The molecule has 96 valence electrons. The molecule has 0 spiro atoms. The highest BCUT2D eigenvalue weighted by Crippen LogP contribution is 2.29. The number of hydrogen-bond acceptors (Lipinski definition) is 4. The molecule has 17 heavy (non-hydrogen) atoms.